The van der Waals surface area contributed by atoms with Gasteiger partial charge in [-0.05, 0) is 0 Å². The van der Waals surface area contributed by atoms with E-state index in [0.29, 0.717) is 0 Å². The zero-order chi connectivity index (χ0) is 5.11. The molecule has 0 atom stereocenters. The molecule has 7 heavy (non-hydrogen) atoms. The molecule has 0 aromatic rings. The maximum absolute atomic E-state index is 3.80. The molecule has 0 amide bonds. The second-order valence-corrected chi connectivity index (χ2v) is 1.99. The standard InChI is InChI=1S/C5H10BN/c6-5-3-1-2-4-7-5/h6-7H,1-4H2. The average Bonchev–Trinajstić information content (AvgIpc) is 1.69. The van der Waals surface area contributed by atoms with E-state index in [1.807, 2.05) is 0 Å². The van der Waals surface area contributed by atoms with Crippen LogP contribution in [0.4, 0.5) is 0 Å². The second-order valence-electron chi connectivity index (χ2n) is 1.99. The SMILES string of the molecule is B=C1CCCCN1. The van der Waals surface area contributed by atoms with Crippen molar-refractivity contribution in [2.24, 2.45) is 0 Å². The Balaban J connectivity index is 2.25. The fourth-order valence-corrected chi connectivity index (χ4v) is 0.817. The molecule has 0 spiro atoms. The summed E-state index contributed by atoms with van der Waals surface area (Å²) in [6.07, 6.45) is 3.82. The van der Waals surface area contributed by atoms with Crippen molar-refractivity contribution in [3.05, 3.63) is 0 Å². The van der Waals surface area contributed by atoms with Crippen molar-refractivity contribution in [1.82, 2.24) is 5.32 Å². The predicted molar refractivity (Wildman–Crippen MR) is 34.0 cm³/mol. The molecule has 2 heteroatoms. The van der Waals surface area contributed by atoms with Crippen LogP contribution in [0.3, 0.4) is 0 Å². The summed E-state index contributed by atoms with van der Waals surface area (Å²) >= 11 is 0. The quantitative estimate of drug-likeness (QED) is 0.410. The molecule has 38 valence electrons. The Morgan fingerprint density at radius 2 is 2.29 bits per heavy atom. The number of hydrogen-bond donors (Lipinski definition) is 1. The van der Waals surface area contributed by atoms with Gasteiger partial charge >= 0.3 is 44.2 Å². The fraction of sp³-hybridized carbons (Fsp3) is 0.800. The van der Waals surface area contributed by atoms with Crippen LogP contribution in [-0.2, 0) is 0 Å². The van der Waals surface area contributed by atoms with Crippen LogP contribution in [-0.4, -0.2) is 19.6 Å². The van der Waals surface area contributed by atoms with Gasteiger partial charge in [-0.1, -0.05) is 0 Å². The Bertz CT molecular complexity index is 72.1. The molecule has 0 aromatic carbocycles. The molecule has 1 nitrogen and oxygen atoms in total. The zero-order valence-electron chi connectivity index (χ0n) is 4.54. The summed E-state index contributed by atoms with van der Waals surface area (Å²) in [6.45, 7) is 1.14. The van der Waals surface area contributed by atoms with Gasteiger partial charge in [-0.15, -0.1) is 0 Å². The van der Waals surface area contributed by atoms with Crippen molar-refractivity contribution in [2.75, 3.05) is 6.54 Å². The van der Waals surface area contributed by atoms with Gasteiger partial charge in [-0.3, -0.25) is 0 Å². The summed E-state index contributed by atoms with van der Waals surface area (Å²) in [5.74, 6) is 0. The Morgan fingerprint density at radius 3 is 2.57 bits per heavy atom. The first-order valence-corrected chi connectivity index (χ1v) is 2.81. The third kappa shape index (κ3) is 1.34. The van der Waals surface area contributed by atoms with Crippen molar-refractivity contribution in [3.8, 4) is 0 Å². The van der Waals surface area contributed by atoms with Gasteiger partial charge in [0.1, 0.15) is 0 Å². The van der Waals surface area contributed by atoms with Gasteiger partial charge in [0.05, 0.1) is 0 Å². The molecule has 1 saturated heterocycles. The minimum atomic E-state index is 1.14. The summed E-state index contributed by atoms with van der Waals surface area (Å²) in [7, 11) is 3.80. The molecule has 0 bridgehead atoms. The van der Waals surface area contributed by atoms with Gasteiger partial charge in [0.25, 0.3) is 0 Å². The van der Waals surface area contributed by atoms with Crippen LogP contribution in [0.5, 0.6) is 0 Å². The summed E-state index contributed by atoms with van der Waals surface area (Å²) in [4.78, 5) is 0. The van der Waals surface area contributed by atoms with E-state index in [-0.39, 0.29) is 0 Å². The number of rotatable bonds is 0. The van der Waals surface area contributed by atoms with Crippen LogP contribution in [0.2, 0.25) is 0 Å². The molecule has 1 N–H and O–H groups in total. The van der Waals surface area contributed by atoms with Crippen molar-refractivity contribution >= 4 is 13.1 Å². The Labute approximate surface area is 45.2 Å². The van der Waals surface area contributed by atoms with E-state index in [1.165, 1.54) is 24.8 Å². The molecule has 1 fully saturated rings. The number of nitrogens with one attached hydrogen (secondary N) is 1. The molecular formula is C5H10BN. The molecule has 0 aliphatic carbocycles. The summed E-state index contributed by atoms with van der Waals surface area (Å²) in [5, 5.41) is 3.19. The molecule has 0 saturated carbocycles. The molecule has 0 unspecified atom stereocenters. The van der Waals surface area contributed by atoms with Crippen LogP contribution in [0.25, 0.3) is 0 Å². The third-order valence-corrected chi connectivity index (χ3v) is 1.28. The third-order valence-electron chi connectivity index (χ3n) is 1.28. The topological polar surface area (TPSA) is 12.0 Å². The van der Waals surface area contributed by atoms with Crippen molar-refractivity contribution in [2.45, 2.75) is 19.3 Å². The van der Waals surface area contributed by atoms with Crippen LogP contribution >= 0.6 is 0 Å². The average molecular weight is 95.0 g/mol. The first-order valence-electron chi connectivity index (χ1n) is 2.81. The maximum atomic E-state index is 3.80. The summed E-state index contributed by atoms with van der Waals surface area (Å²) in [6, 6.07) is 0. The molecule has 0 radical (unpaired) electrons. The summed E-state index contributed by atoms with van der Waals surface area (Å²) in [5.41, 5.74) is 1.21. The Hall–Kier alpha value is -0.265. The monoisotopic (exact) mass is 95.1 g/mol. The van der Waals surface area contributed by atoms with Gasteiger partial charge in [-0.2, -0.15) is 0 Å². The van der Waals surface area contributed by atoms with E-state index < -0.39 is 0 Å². The number of hydrogen-bond acceptors (Lipinski definition) is 1. The molecule has 1 heterocycles. The first kappa shape index (κ1) is 4.88. The summed E-state index contributed by atoms with van der Waals surface area (Å²) < 4.78 is 0. The Morgan fingerprint density at radius 1 is 1.43 bits per heavy atom. The van der Waals surface area contributed by atoms with E-state index in [9.17, 15) is 0 Å². The predicted octanol–water partition coefficient (Wildman–Crippen LogP) is -0.209. The van der Waals surface area contributed by atoms with Gasteiger partial charge in [-0.25, -0.2) is 0 Å². The van der Waals surface area contributed by atoms with Crippen molar-refractivity contribution in [1.29, 1.82) is 0 Å². The van der Waals surface area contributed by atoms with Gasteiger partial charge < -0.3 is 0 Å². The molecule has 1 aliphatic rings. The van der Waals surface area contributed by atoms with E-state index >= 15 is 0 Å². The van der Waals surface area contributed by atoms with E-state index in [4.69, 9.17) is 0 Å². The zero-order valence-corrected chi connectivity index (χ0v) is 4.54. The van der Waals surface area contributed by atoms with Crippen LogP contribution in [0.15, 0.2) is 0 Å². The normalized spacial score (nSPS) is 21.3. The Kier molecular flexibility index (Phi) is 1.50. The fourth-order valence-electron chi connectivity index (χ4n) is 0.817. The number of piperidine rings is 1. The van der Waals surface area contributed by atoms with E-state index in [0.717, 1.165) is 6.54 Å². The van der Waals surface area contributed by atoms with Crippen LogP contribution in [0, 0.1) is 0 Å². The van der Waals surface area contributed by atoms with Gasteiger partial charge in [0.2, 0.25) is 0 Å². The van der Waals surface area contributed by atoms with Gasteiger partial charge in [0.15, 0.2) is 0 Å². The molecule has 0 aromatic heterocycles. The van der Waals surface area contributed by atoms with Crippen molar-refractivity contribution in [3.63, 3.8) is 0 Å². The van der Waals surface area contributed by atoms with Crippen LogP contribution < -0.4 is 5.32 Å². The minimum absolute atomic E-state index is 1.14. The first-order chi connectivity index (χ1) is 3.39. The van der Waals surface area contributed by atoms with Crippen molar-refractivity contribution < 1.29 is 0 Å². The van der Waals surface area contributed by atoms with Gasteiger partial charge in [0, 0.05) is 0 Å². The second kappa shape index (κ2) is 2.15. The van der Waals surface area contributed by atoms with E-state index in [1.54, 1.807) is 0 Å². The van der Waals surface area contributed by atoms with Crippen LogP contribution in [0.1, 0.15) is 19.3 Å². The molecule has 1 aliphatic heterocycles. The van der Waals surface area contributed by atoms with E-state index in [2.05, 4.69) is 12.8 Å². The molecule has 1 rings (SSSR count). The molecular weight excluding hydrogens is 84.9 g/mol.